The van der Waals surface area contributed by atoms with Crippen molar-refractivity contribution in [3.05, 3.63) is 0 Å². The molecule has 0 aliphatic heterocycles. The number of hydrogen-bond acceptors (Lipinski definition) is 3. The minimum Gasteiger partial charge on any atom is -0.394 e. The van der Waals surface area contributed by atoms with Gasteiger partial charge in [-0.25, -0.2) is 0 Å². The van der Waals surface area contributed by atoms with Gasteiger partial charge in [-0.3, -0.25) is 4.79 Å². The van der Waals surface area contributed by atoms with Gasteiger partial charge in [0.2, 0.25) is 5.91 Å². The number of hydrogen-bond donors (Lipinski definition) is 2. The van der Waals surface area contributed by atoms with E-state index in [1.807, 2.05) is 6.92 Å². The molecule has 0 fully saturated rings. The third kappa shape index (κ3) is 6.60. The minimum atomic E-state index is -0.418. The topological polar surface area (TPSA) is 58.6 Å². The van der Waals surface area contributed by atoms with Crippen molar-refractivity contribution in [2.45, 2.75) is 32.4 Å². The van der Waals surface area contributed by atoms with Crippen molar-refractivity contribution in [3.63, 3.8) is 0 Å². The van der Waals surface area contributed by atoms with E-state index in [-0.39, 0.29) is 18.5 Å². The van der Waals surface area contributed by atoms with Gasteiger partial charge in [0, 0.05) is 19.5 Å². The van der Waals surface area contributed by atoms with Crippen LogP contribution in [0.3, 0.4) is 0 Å². The number of carbonyl (C=O) groups excluding carboxylic acids is 1. The number of ether oxygens (including phenoxy) is 1. The molecule has 0 aliphatic carbocycles. The fourth-order valence-electron chi connectivity index (χ4n) is 0.757. The van der Waals surface area contributed by atoms with Gasteiger partial charge in [-0.1, -0.05) is 6.92 Å². The monoisotopic (exact) mass is 185 g/mol. The molecule has 13 heavy (non-hydrogen) atoms. The van der Waals surface area contributed by atoms with Crippen LogP contribution in [0.2, 0.25) is 0 Å². The molecule has 0 bridgehead atoms. The molecule has 2 unspecified atom stereocenters. The van der Waals surface area contributed by atoms with Gasteiger partial charge in [-0.15, -0.1) is 0 Å². The molecule has 2 N–H and O–H groups in total. The lowest BCUT2D eigenvalue weighted by Gasteiger charge is -2.20. The van der Waals surface area contributed by atoms with Crippen molar-refractivity contribution >= 4 is 13.8 Å². The molecule has 4 nitrogen and oxygen atoms in total. The van der Waals surface area contributed by atoms with Crippen molar-refractivity contribution < 1.29 is 14.6 Å². The van der Waals surface area contributed by atoms with Crippen molar-refractivity contribution in [1.82, 2.24) is 5.32 Å². The lowest BCUT2D eigenvalue weighted by Crippen LogP contribution is -2.37. The van der Waals surface area contributed by atoms with Gasteiger partial charge in [0.05, 0.1) is 12.7 Å². The summed E-state index contributed by atoms with van der Waals surface area (Å²) < 4.78 is 5.21. The number of aliphatic hydroxyl groups is 1. The van der Waals surface area contributed by atoms with Crippen LogP contribution in [0.25, 0.3) is 0 Å². The zero-order valence-corrected chi connectivity index (χ0v) is 8.12. The number of nitrogens with one attached hydrogen (secondary N) is 1. The van der Waals surface area contributed by atoms with Crippen LogP contribution < -0.4 is 5.32 Å². The van der Waals surface area contributed by atoms with Gasteiger partial charge in [0.15, 0.2) is 0 Å². The Bertz CT molecular complexity index is 154. The summed E-state index contributed by atoms with van der Waals surface area (Å²) in [6.07, 6.45) is 0.259. The van der Waals surface area contributed by atoms with E-state index in [4.69, 9.17) is 17.7 Å². The number of amides is 1. The van der Waals surface area contributed by atoms with E-state index in [1.165, 1.54) is 6.92 Å². The Kier molecular flexibility index (Phi) is 6.63. The van der Waals surface area contributed by atoms with Gasteiger partial charge in [-0.2, -0.15) is 0 Å². The van der Waals surface area contributed by atoms with E-state index < -0.39 is 6.10 Å². The van der Waals surface area contributed by atoms with Gasteiger partial charge >= 0.3 is 0 Å². The molecule has 0 spiro atoms. The van der Waals surface area contributed by atoms with E-state index in [0.717, 1.165) is 0 Å². The van der Waals surface area contributed by atoms with Gasteiger partial charge in [0.25, 0.3) is 0 Å². The first-order chi connectivity index (χ1) is 6.10. The fraction of sp³-hybridized carbons (Fsp3) is 0.875. The first kappa shape index (κ1) is 12.5. The number of carbonyl (C=O) groups is 1. The Hall–Kier alpha value is -0.545. The largest absolute Gasteiger partial charge is 0.394 e. The van der Waals surface area contributed by atoms with Crippen molar-refractivity contribution in [2.24, 2.45) is 0 Å². The molecule has 74 valence electrons. The summed E-state index contributed by atoms with van der Waals surface area (Å²) in [7, 11) is 5.51. The summed E-state index contributed by atoms with van der Waals surface area (Å²) in [5.41, 5.74) is 0. The second-order valence-electron chi connectivity index (χ2n) is 2.82. The molecular weight excluding hydrogens is 169 g/mol. The quantitative estimate of drug-likeness (QED) is 0.543. The van der Waals surface area contributed by atoms with Crippen LogP contribution >= 0.6 is 0 Å². The molecule has 0 aromatic carbocycles. The minimum absolute atomic E-state index is 0.145. The lowest BCUT2D eigenvalue weighted by molar-refractivity contribution is -0.120. The highest BCUT2D eigenvalue weighted by Crippen LogP contribution is 1.98. The standard InChI is InChI=1S/C8H16BNO3/c1-3-8(9)13-7(5-11)4-10-6(2)12/h7-8,11H,3-5H2,1-2H3,(H,10,12). The summed E-state index contributed by atoms with van der Waals surface area (Å²) in [6, 6.07) is -0.383. The molecule has 0 saturated carbocycles. The molecule has 1 amide bonds. The Morgan fingerprint density at radius 1 is 1.69 bits per heavy atom. The fourth-order valence-corrected chi connectivity index (χ4v) is 0.757. The Balaban J connectivity index is 3.68. The second-order valence-corrected chi connectivity index (χ2v) is 2.82. The van der Waals surface area contributed by atoms with E-state index in [9.17, 15) is 4.79 Å². The molecular formula is C8H16BNO3. The van der Waals surface area contributed by atoms with Crippen LogP contribution in [0, 0.1) is 0 Å². The highest BCUT2D eigenvalue weighted by Gasteiger charge is 2.10. The first-order valence-corrected chi connectivity index (χ1v) is 4.36. The highest BCUT2D eigenvalue weighted by molar-refractivity contribution is 6.10. The third-order valence-electron chi connectivity index (χ3n) is 1.55. The molecule has 0 aromatic rings. The zero-order valence-electron chi connectivity index (χ0n) is 8.12. The van der Waals surface area contributed by atoms with Crippen LogP contribution in [0.4, 0.5) is 0 Å². The van der Waals surface area contributed by atoms with Crippen LogP contribution in [0.15, 0.2) is 0 Å². The first-order valence-electron chi connectivity index (χ1n) is 4.36. The molecule has 0 heterocycles. The predicted molar refractivity (Wildman–Crippen MR) is 50.5 cm³/mol. The van der Waals surface area contributed by atoms with Crippen molar-refractivity contribution in [3.8, 4) is 0 Å². The average molecular weight is 185 g/mol. The Morgan fingerprint density at radius 2 is 2.31 bits per heavy atom. The molecule has 0 saturated heterocycles. The summed E-state index contributed by atoms with van der Waals surface area (Å²) >= 11 is 0. The Morgan fingerprint density at radius 3 is 2.69 bits per heavy atom. The maximum atomic E-state index is 10.5. The third-order valence-corrected chi connectivity index (χ3v) is 1.55. The maximum Gasteiger partial charge on any atom is 0.216 e. The molecule has 0 aliphatic rings. The summed E-state index contributed by atoms with van der Waals surface area (Å²) in [6.45, 7) is 3.44. The van der Waals surface area contributed by atoms with Crippen LogP contribution in [0.1, 0.15) is 20.3 Å². The van der Waals surface area contributed by atoms with Crippen LogP contribution in [-0.2, 0) is 9.53 Å². The van der Waals surface area contributed by atoms with E-state index in [2.05, 4.69) is 5.32 Å². The molecule has 2 atom stereocenters. The average Bonchev–Trinajstić information content (AvgIpc) is 2.11. The lowest BCUT2D eigenvalue weighted by atomic mass is 9.97. The SMILES string of the molecule is [B]C(CC)OC(CO)CNC(C)=O. The van der Waals surface area contributed by atoms with Gasteiger partial charge in [-0.05, 0) is 6.42 Å². The smallest absolute Gasteiger partial charge is 0.216 e. The molecule has 0 rings (SSSR count). The molecule has 5 heteroatoms. The second kappa shape index (κ2) is 6.92. The zero-order chi connectivity index (χ0) is 10.3. The highest BCUT2D eigenvalue weighted by atomic mass is 16.5. The van der Waals surface area contributed by atoms with E-state index in [1.54, 1.807) is 0 Å². The molecule has 2 radical (unpaired) electrons. The van der Waals surface area contributed by atoms with Gasteiger partial charge in [0.1, 0.15) is 7.85 Å². The summed E-state index contributed by atoms with van der Waals surface area (Å²) in [5, 5.41) is 11.4. The predicted octanol–water partition coefficient (Wildman–Crippen LogP) is -0.595. The number of rotatable bonds is 6. The van der Waals surface area contributed by atoms with E-state index in [0.29, 0.717) is 13.0 Å². The number of aliphatic hydroxyl groups excluding tert-OH is 1. The van der Waals surface area contributed by atoms with Crippen LogP contribution in [0.5, 0.6) is 0 Å². The normalized spacial score (nSPS) is 15.0. The van der Waals surface area contributed by atoms with Crippen molar-refractivity contribution in [2.75, 3.05) is 13.2 Å². The molecule has 0 aromatic heterocycles. The van der Waals surface area contributed by atoms with Crippen LogP contribution in [-0.4, -0.2) is 44.1 Å². The van der Waals surface area contributed by atoms with Gasteiger partial charge < -0.3 is 15.2 Å². The summed E-state index contributed by atoms with van der Waals surface area (Å²) in [5.74, 6) is -0.146. The Labute approximate surface area is 80.1 Å². The van der Waals surface area contributed by atoms with E-state index >= 15 is 0 Å². The summed E-state index contributed by atoms with van der Waals surface area (Å²) in [4.78, 5) is 10.5. The maximum absolute atomic E-state index is 10.5. The van der Waals surface area contributed by atoms with Crippen molar-refractivity contribution in [1.29, 1.82) is 0 Å².